The third-order valence-corrected chi connectivity index (χ3v) is 1.37. The Morgan fingerprint density at radius 2 is 1.92 bits per heavy atom. The van der Waals surface area contributed by atoms with Crippen LogP contribution in [0.25, 0.3) is 0 Å². The molecule has 0 bridgehead atoms. The van der Waals surface area contributed by atoms with Crippen LogP contribution >= 0.6 is 0 Å². The number of amides is 1. The van der Waals surface area contributed by atoms with E-state index in [1.54, 1.807) is 13.8 Å². The van der Waals surface area contributed by atoms with Crippen molar-refractivity contribution in [2.24, 2.45) is 5.92 Å². The van der Waals surface area contributed by atoms with Gasteiger partial charge in [-0.25, -0.2) is 0 Å². The van der Waals surface area contributed by atoms with Gasteiger partial charge in [0, 0.05) is 5.92 Å². The molecule has 0 aromatic heterocycles. The Morgan fingerprint density at radius 1 is 1.46 bits per heavy atom. The molecule has 0 aliphatic heterocycles. The van der Waals surface area contributed by atoms with Crippen LogP contribution in [0.5, 0.6) is 0 Å². The third-order valence-electron chi connectivity index (χ3n) is 1.37. The molecular weight excluding hydrogens is 187 g/mol. The molecule has 1 atom stereocenters. The van der Waals surface area contributed by atoms with Gasteiger partial charge in [-0.05, 0) is 0 Å². The van der Waals surface area contributed by atoms with Crippen LogP contribution in [0.15, 0.2) is 0 Å². The molecule has 78 valence electrons. The van der Waals surface area contributed by atoms with Crippen LogP contribution in [-0.2, 0) is 4.79 Å². The van der Waals surface area contributed by atoms with Gasteiger partial charge in [0.15, 0.2) is 6.10 Å². The summed E-state index contributed by atoms with van der Waals surface area (Å²) in [7, 11) is 0. The lowest BCUT2D eigenvalue weighted by atomic mass is 10.2. The molecule has 2 N–H and O–H groups in total. The highest BCUT2D eigenvalue weighted by Crippen LogP contribution is 2.19. The van der Waals surface area contributed by atoms with Crippen LogP contribution in [0, 0.1) is 5.92 Å². The zero-order valence-corrected chi connectivity index (χ0v) is 7.35. The van der Waals surface area contributed by atoms with Gasteiger partial charge < -0.3 is 10.4 Å². The molecule has 13 heavy (non-hydrogen) atoms. The van der Waals surface area contributed by atoms with E-state index in [1.807, 2.05) is 5.32 Å². The van der Waals surface area contributed by atoms with Gasteiger partial charge in [0.2, 0.25) is 5.91 Å². The van der Waals surface area contributed by atoms with Crippen molar-refractivity contribution in [2.45, 2.75) is 26.1 Å². The molecule has 0 saturated carbocycles. The smallest absolute Gasteiger partial charge is 0.382 e. The van der Waals surface area contributed by atoms with Crippen molar-refractivity contribution in [3.8, 4) is 0 Å². The van der Waals surface area contributed by atoms with E-state index in [0.717, 1.165) is 0 Å². The average molecular weight is 199 g/mol. The summed E-state index contributed by atoms with van der Waals surface area (Å²) >= 11 is 0. The minimum atomic E-state index is -4.68. The lowest BCUT2D eigenvalue weighted by Gasteiger charge is -2.15. The van der Waals surface area contributed by atoms with Crippen LogP contribution in [0.4, 0.5) is 13.2 Å². The number of carbonyl (C=O) groups excluding carboxylic acids is 1. The minimum Gasteiger partial charge on any atom is -0.382 e. The number of carbonyl (C=O) groups is 1. The van der Waals surface area contributed by atoms with Crippen molar-refractivity contribution in [1.29, 1.82) is 0 Å². The van der Waals surface area contributed by atoms with Crippen LogP contribution < -0.4 is 5.32 Å². The molecule has 0 radical (unpaired) electrons. The number of alkyl halides is 3. The molecule has 0 fully saturated rings. The largest absolute Gasteiger partial charge is 0.416 e. The van der Waals surface area contributed by atoms with Gasteiger partial charge in [0.25, 0.3) is 0 Å². The number of nitrogens with one attached hydrogen (secondary N) is 1. The molecule has 0 aliphatic rings. The topological polar surface area (TPSA) is 49.3 Å². The van der Waals surface area contributed by atoms with Crippen LogP contribution in [0.1, 0.15) is 13.8 Å². The quantitative estimate of drug-likeness (QED) is 0.702. The molecular formula is C7H12F3NO2. The number of aliphatic hydroxyl groups excluding tert-OH is 1. The zero-order chi connectivity index (χ0) is 10.6. The summed E-state index contributed by atoms with van der Waals surface area (Å²) in [4.78, 5) is 10.8. The predicted molar refractivity (Wildman–Crippen MR) is 39.9 cm³/mol. The fraction of sp³-hybridized carbons (Fsp3) is 0.857. The molecule has 0 heterocycles. The van der Waals surface area contributed by atoms with Gasteiger partial charge in [-0.3, -0.25) is 4.79 Å². The van der Waals surface area contributed by atoms with E-state index in [9.17, 15) is 18.0 Å². The van der Waals surface area contributed by atoms with Gasteiger partial charge in [-0.15, -0.1) is 0 Å². The Morgan fingerprint density at radius 3 is 2.23 bits per heavy atom. The molecule has 3 nitrogen and oxygen atoms in total. The van der Waals surface area contributed by atoms with Crippen molar-refractivity contribution in [2.75, 3.05) is 6.54 Å². The average Bonchev–Trinajstić information content (AvgIpc) is 1.97. The molecule has 0 saturated heterocycles. The van der Waals surface area contributed by atoms with Crippen molar-refractivity contribution in [3.63, 3.8) is 0 Å². The van der Waals surface area contributed by atoms with Crippen LogP contribution in [-0.4, -0.2) is 29.8 Å². The molecule has 1 amide bonds. The fourth-order valence-corrected chi connectivity index (χ4v) is 0.517. The summed E-state index contributed by atoms with van der Waals surface area (Å²) in [6.07, 6.45) is -7.17. The van der Waals surface area contributed by atoms with Crippen molar-refractivity contribution >= 4 is 5.91 Å². The van der Waals surface area contributed by atoms with E-state index >= 15 is 0 Å². The molecule has 0 spiro atoms. The van der Waals surface area contributed by atoms with Gasteiger partial charge in [0.1, 0.15) is 0 Å². The second-order valence-electron chi connectivity index (χ2n) is 2.96. The third kappa shape index (κ3) is 4.72. The van der Waals surface area contributed by atoms with Gasteiger partial charge in [-0.2, -0.15) is 13.2 Å². The number of rotatable bonds is 3. The first-order valence-electron chi connectivity index (χ1n) is 3.77. The van der Waals surface area contributed by atoms with Crippen LogP contribution in [0.3, 0.4) is 0 Å². The standard InChI is InChI=1S/C7H12F3NO2/c1-4(2)6(13)11-3-5(12)7(8,9)10/h4-5,12H,3H2,1-2H3,(H,11,13)/t5-/m1/s1. The number of aliphatic hydroxyl groups is 1. The highest BCUT2D eigenvalue weighted by molar-refractivity contribution is 5.77. The van der Waals surface area contributed by atoms with E-state index in [1.165, 1.54) is 0 Å². The maximum Gasteiger partial charge on any atom is 0.416 e. The Kier molecular flexibility index (Phi) is 4.19. The van der Waals surface area contributed by atoms with E-state index in [2.05, 4.69) is 0 Å². The first kappa shape index (κ1) is 12.2. The fourth-order valence-electron chi connectivity index (χ4n) is 0.517. The van der Waals surface area contributed by atoms with E-state index in [-0.39, 0.29) is 5.92 Å². The first-order chi connectivity index (χ1) is 5.75. The second kappa shape index (κ2) is 4.45. The lowest BCUT2D eigenvalue weighted by molar-refractivity contribution is -0.201. The van der Waals surface area contributed by atoms with E-state index < -0.39 is 24.7 Å². The van der Waals surface area contributed by atoms with Crippen molar-refractivity contribution in [1.82, 2.24) is 5.32 Å². The number of hydrogen-bond acceptors (Lipinski definition) is 2. The number of halogens is 3. The van der Waals surface area contributed by atoms with Crippen LogP contribution in [0.2, 0.25) is 0 Å². The van der Waals surface area contributed by atoms with E-state index in [4.69, 9.17) is 5.11 Å². The minimum absolute atomic E-state index is 0.388. The van der Waals surface area contributed by atoms with E-state index in [0.29, 0.717) is 0 Å². The van der Waals surface area contributed by atoms with Crippen molar-refractivity contribution in [3.05, 3.63) is 0 Å². The number of hydrogen-bond donors (Lipinski definition) is 2. The summed E-state index contributed by atoms with van der Waals surface area (Å²) in [5.41, 5.74) is 0. The van der Waals surface area contributed by atoms with Gasteiger partial charge in [-0.1, -0.05) is 13.8 Å². The van der Waals surface area contributed by atoms with Gasteiger partial charge in [0.05, 0.1) is 6.54 Å². The summed E-state index contributed by atoms with van der Waals surface area (Å²) in [5, 5.41) is 10.5. The summed E-state index contributed by atoms with van der Waals surface area (Å²) < 4.78 is 35.1. The lowest BCUT2D eigenvalue weighted by Crippen LogP contribution is -2.41. The maximum absolute atomic E-state index is 11.7. The zero-order valence-electron chi connectivity index (χ0n) is 7.35. The van der Waals surface area contributed by atoms with Gasteiger partial charge >= 0.3 is 6.18 Å². The normalized spacial score (nSPS) is 14.4. The molecule has 0 unspecified atom stereocenters. The molecule has 0 rings (SSSR count). The SMILES string of the molecule is CC(C)C(=O)NC[C@@H](O)C(F)(F)F. The Bertz CT molecular complexity index is 179. The summed E-state index contributed by atoms with van der Waals surface area (Å²) in [5.74, 6) is -0.899. The first-order valence-corrected chi connectivity index (χ1v) is 3.77. The van der Waals surface area contributed by atoms with Crippen molar-refractivity contribution < 1.29 is 23.1 Å². The molecule has 0 aromatic carbocycles. The predicted octanol–water partition coefficient (Wildman–Crippen LogP) is 0.682. The Balaban J connectivity index is 3.84. The molecule has 0 aromatic rings. The molecule has 6 heteroatoms. The monoisotopic (exact) mass is 199 g/mol. The molecule has 0 aliphatic carbocycles. The second-order valence-corrected chi connectivity index (χ2v) is 2.96. The summed E-state index contributed by atoms with van der Waals surface area (Å²) in [6, 6.07) is 0. The summed E-state index contributed by atoms with van der Waals surface area (Å²) in [6.45, 7) is 2.31. The Hall–Kier alpha value is -0.780. The highest BCUT2D eigenvalue weighted by atomic mass is 19.4. The Labute approximate surface area is 73.9 Å². The maximum atomic E-state index is 11.7. The highest BCUT2D eigenvalue weighted by Gasteiger charge is 2.38.